The number of ether oxygens (including phenoxy) is 1. The molecule has 0 aliphatic carbocycles. The Morgan fingerprint density at radius 2 is 2.13 bits per heavy atom. The molecule has 0 saturated carbocycles. The number of imidazole rings is 1. The molecule has 0 radical (unpaired) electrons. The van der Waals surface area contributed by atoms with Crippen LogP contribution in [0.25, 0.3) is 16.3 Å². The molecular formula is C22H28N6O2S. The number of phenols is 1. The first-order chi connectivity index (χ1) is 14.9. The maximum absolute atomic E-state index is 10.6. The fourth-order valence-corrected chi connectivity index (χ4v) is 6.11. The number of phenolic OH excluding ortho intramolecular Hbond substituents is 1. The van der Waals surface area contributed by atoms with Crippen LogP contribution >= 0.6 is 11.3 Å². The number of aromatic nitrogens is 4. The zero-order chi connectivity index (χ0) is 21.8. The molecule has 2 aromatic heterocycles. The first-order valence-electron chi connectivity index (χ1n) is 10.5. The average molecular weight is 441 g/mol. The number of piperidine rings is 1. The molecule has 164 valence electrons. The first-order valence-corrected chi connectivity index (χ1v) is 11.3. The summed E-state index contributed by atoms with van der Waals surface area (Å²) in [4.78, 5) is 8.81. The lowest BCUT2D eigenvalue weighted by atomic mass is 9.87. The van der Waals surface area contributed by atoms with Gasteiger partial charge in [-0.1, -0.05) is 11.3 Å². The number of aromatic hydroxyl groups is 1. The molecule has 8 nitrogen and oxygen atoms in total. The molecule has 31 heavy (non-hydrogen) atoms. The van der Waals surface area contributed by atoms with Crippen molar-refractivity contribution in [2.75, 3.05) is 26.1 Å². The van der Waals surface area contributed by atoms with Gasteiger partial charge in [0.05, 0.1) is 23.7 Å². The van der Waals surface area contributed by atoms with Crippen LogP contribution in [0.15, 0.2) is 36.9 Å². The fraction of sp³-hybridized carbons (Fsp3) is 0.500. The van der Waals surface area contributed by atoms with Gasteiger partial charge >= 0.3 is 0 Å². The monoisotopic (exact) mass is 440 g/mol. The van der Waals surface area contributed by atoms with Crippen LogP contribution in [0.2, 0.25) is 0 Å². The zero-order valence-electron chi connectivity index (χ0n) is 18.3. The van der Waals surface area contributed by atoms with E-state index in [0.717, 1.165) is 30.1 Å². The van der Waals surface area contributed by atoms with Crippen LogP contribution in [0.1, 0.15) is 26.2 Å². The maximum Gasteiger partial charge on any atom is 0.208 e. The lowest BCUT2D eigenvalue weighted by molar-refractivity contribution is 0.0430. The number of rotatable bonds is 5. The van der Waals surface area contributed by atoms with E-state index in [2.05, 4.69) is 46.0 Å². The molecule has 1 aromatic carbocycles. The molecule has 4 atom stereocenters. The van der Waals surface area contributed by atoms with Gasteiger partial charge in [-0.05, 0) is 45.4 Å². The number of benzene rings is 1. The second kappa shape index (κ2) is 7.58. The van der Waals surface area contributed by atoms with Crippen molar-refractivity contribution in [1.29, 1.82) is 0 Å². The molecule has 2 bridgehead atoms. The summed E-state index contributed by atoms with van der Waals surface area (Å²) in [5, 5.41) is 21.0. The highest BCUT2D eigenvalue weighted by molar-refractivity contribution is 7.18. The Hall–Kier alpha value is -2.49. The van der Waals surface area contributed by atoms with E-state index in [4.69, 9.17) is 4.74 Å². The quantitative estimate of drug-likeness (QED) is 0.653. The number of anilines is 1. The molecule has 3 aromatic rings. The van der Waals surface area contributed by atoms with Crippen molar-refractivity contribution in [3.8, 4) is 22.0 Å². The van der Waals surface area contributed by atoms with Crippen LogP contribution in [-0.2, 0) is 4.74 Å². The number of likely N-dealkylation sites (N-methyl/N-ethyl adjacent to an activating group) is 1. The average Bonchev–Trinajstić information content (AvgIpc) is 3.48. The van der Waals surface area contributed by atoms with E-state index in [0.29, 0.717) is 22.7 Å². The predicted octanol–water partition coefficient (Wildman–Crippen LogP) is 3.17. The molecule has 0 amide bonds. The Balaban J connectivity index is 1.36. The zero-order valence-corrected chi connectivity index (χ0v) is 19.1. The smallest absolute Gasteiger partial charge is 0.208 e. The minimum atomic E-state index is 0.136. The Kier molecular flexibility index (Phi) is 4.99. The highest BCUT2D eigenvalue weighted by Gasteiger charge is 2.53. The Morgan fingerprint density at radius 3 is 2.84 bits per heavy atom. The topological polar surface area (TPSA) is 79.5 Å². The van der Waals surface area contributed by atoms with Crippen LogP contribution < -0.4 is 4.90 Å². The van der Waals surface area contributed by atoms with Gasteiger partial charge in [-0.3, -0.25) is 4.90 Å². The lowest BCUT2D eigenvalue weighted by Crippen LogP contribution is -2.54. The third-order valence-corrected chi connectivity index (χ3v) is 8.24. The van der Waals surface area contributed by atoms with Crippen molar-refractivity contribution in [3.63, 3.8) is 0 Å². The summed E-state index contributed by atoms with van der Waals surface area (Å²) in [6.45, 7) is 2.34. The van der Waals surface area contributed by atoms with Crippen molar-refractivity contribution in [3.05, 3.63) is 36.9 Å². The summed E-state index contributed by atoms with van der Waals surface area (Å²) in [6, 6.07) is 6.35. The minimum Gasteiger partial charge on any atom is -0.507 e. The molecular weight excluding hydrogens is 412 g/mol. The van der Waals surface area contributed by atoms with Gasteiger partial charge in [0.25, 0.3) is 0 Å². The van der Waals surface area contributed by atoms with Gasteiger partial charge in [-0.15, -0.1) is 10.2 Å². The molecule has 2 fully saturated rings. The van der Waals surface area contributed by atoms with Crippen LogP contribution in [0.4, 0.5) is 5.13 Å². The van der Waals surface area contributed by atoms with Crippen LogP contribution in [0.5, 0.6) is 5.75 Å². The SMILES string of the molecule is CO[C@@H]1C[C@@]2(C)C[C@H](N(C)c3nnc(-c4ccc(-n5ccnc5)cc4O)s3)CC1N2C. The van der Waals surface area contributed by atoms with Gasteiger partial charge in [0.2, 0.25) is 5.13 Å². The predicted molar refractivity (Wildman–Crippen MR) is 121 cm³/mol. The van der Waals surface area contributed by atoms with E-state index in [-0.39, 0.29) is 17.4 Å². The van der Waals surface area contributed by atoms with Crippen LogP contribution in [-0.4, -0.2) is 74.7 Å². The number of fused-ring (bicyclic) bond motifs is 2. The molecule has 5 rings (SSSR count). The van der Waals surface area contributed by atoms with Crippen molar-refractivity contribution in [1.82, 2.24) is 24.6 Å². The van der Waals surface area contributed by atoms with Gasteiger partial charge in [-0.25, -0.2) is 4.98 Å². The Labute approximate surface area is 186 Å². The molecule has 1 unspecified atom stereocenters. The summed E-state index contributed by atoms with van der Waals surface area (Å²) in [7, 11) is 6.15. The minimum absolute atomic E-state index is 0.136. The van der Waals surface area contributed by atoms with Crippen molar-refractivity contribution >= 4 is 16.5 Å². The van der Waals surface area contributed by atoms with Crippen molar-refractivity contribution < 1.29 is 9.84 Å². The Morgan fingerprint density at radius 1 is 1.29 bits per heavy atom. The number of nitrogens with zero attached hydrogens (tertiary/aromatic N) is 6. The molecule has 4 heterocycles. The molecule has 1 N–H and O–H groups in total. The van der Waals surface area contributed by atoms with Crippen LogP contribution in [0, 0.1) is 0 Å². The van der Waals surface area contributed by atoms with Gasteiger partial charge in [-0.2, -0.15) is 0 Å². The van der Waals surface area contributed by atoms with E-state index in [1.165, 1.54) is 11.3 Å². The normalized spacial score (nSPS) is 28.2. The highest BCUT2D eigenvalue weighted by atomic mass is 32.1. The number of methoxy groups -OCH3 is 1. The van der Waals surface area contributed by atoms with E-state index in [1.54, 1.807) is 18.6 Å². The van der Waals surface area contributed by atoms with Crippen LogP contribution in [0.3, 0.4) is 0 Å². The molecule has 9 heteroatoms. The van der Waals surface area contributed by atoms with E-state index in [9.17, 15) is 5.11 Å². The highest BCUT2D eigenvalue weighted by Crippen LogP contribution is 2.46. The number of hydrogen-bond acceptors (Lipinski definition) is 8. The molecule has 2 aliphatic heterocycles. The van der Waals surface area contributed by atoms with Gasteiger partial charge in [0.1, 0.15) is 5.75 Å². The third kappa shape index (κ3) is 3.40. The van der Waals surface area contributed by atoms with Crippen molar-refractivity contribution in [2.24, 2.45) is 0 Å². The lowest BCUT2D eigenvalue weighted by Gasteiger charge is -2.46. The Bertz CT molecular complexity index is 1070. The summed E-state index contributed by atoms with van der Waals surface area (Å²) in [5.41, 5.74) is 1.68. The van der Waals surface area contributed by atoms with E-state index in [1.807, 2.05) is 30.0 Å². The second-order valence-corrected chi connectivity index (χ2v) is 9.88. The second-order valence-electron chi connectivity index (χ2n) is 8.92. The molecule has 2 saturated heterocycles. The summed E-state index contributed by atoms with van der Waals surface area (Å²) in [5.74, 6) is 0.185. The summed E-state index contributed by atoms with van der Waals surface area (Å²) >= 11 is 1.51. The summed E-state index contributed by atoms with van der Waals surface area (Å²) in [6.07, 6.45) is 8.71. The molecule has 2 aliphatic rings. The standard InChI is InChI=1S/C22H28N6O2S/c1-22-11-15(9-17(27(22)3)19(12-22)30-4)26(2)21-25-24-20(31-21)16-6-5-14(10-18(16)29)28-8-7-23-13-28/h5-8,10,13,15,17,19,29H,9,11-12H2,1-4H3/t15-,17?,19-,22-/m1/s1. The maximum atomic E-state index is 10.6. The van der Waals surface area contributed by atoms with Gasteiger partial charge in [0, 0.05) is 50.2 Å². The van der Waals surface area contributed by atoms with E-state index >= 15 is 0 Å². The van der Waals surface area contributed by atoms with E-state index < -0.39 is 0 Å². The van der Waals surface area contributed by atoms with Gasteiger partial charge in [0.15, 0.2) is 5.01 Å². The molecule has 0 spiro atoms. The third-order valence-electron chi connectivity index (χ3n) is 7.19. The fourth-order valence-electron chi connectivity index (χ4n) is 5.20. The van der Waals surface area contributed by atoms with Gasteiger partial charge < -0.3 is 19.3 Å². The first kappa shape index (κ1) is 20.4. The number of hydrogen-bond donors (Lipinski definition) is 1. The van der Waals surface area contributed by atoms with Crippen molar-refractivity contribution in [2.45, 2.75) is 49.9 Å². The largest absolute Gasteiger partial charge is 0.507 e. The summed E-state index contributed by atoms with van der Waals surface area (Å²) < 4.78 is 7.64.